The van der Waals surface area contributed by atoms with Gasteiger partial charge in [0.2, 0.25) is 0 Å². The molecule has 1 N–H and O–H groups in total. The highest BCUT2D eigenvalue weighted by atomic mass is 79.9. The maximum absolute atomic E-state index is 12.6. The van der Waals surface area contributed by atoms with Crippen LogP contribution in [0, 0.1) is 6.92 Å². The Bertz CT molecular complexity index is 1260. The smallest absolute Gasteiger partial charge is 0.264 e. The average Bonchev–Trinajstić information content (AvgIpc) is 3.10. The minimum Gasteiger partial charge on any atom is -0.488 e. The Morgan fingerprint density at radius 3 is 2.69 bits per heavy atom. The molecule has 4 rings (SSSR count). The molecule has 0 radical (unpaired) electrons. The third kappa shape index (κ3) is 5.38. The first-order valence-electron chi connectivity index (χ1n) is 9.61. The van der Waals surface area contributed by atoms with E-state index >= 15 is 0 Å². The molecule has 0 bridgehead atoms. The molecule has 32 heavy (non-hydrogen) atoms. The molecule has 0 saturated carbocycles. The van der Waals surface area contributed by atoms with E-state index in [9.17, 15) is 4.79 Å². The van der Waals surface area contributed by atoms with Gasteiger partial charge in [-0.3, -0.25) is 4.79 Å². The summed E-state index contributed by atoms with van der Waals surface area (Å²) in [6.07, 6.45) is 1.79. The molecule has 3 aromatic rings. The first-order valence-corrected chi connectivity index (χ1v) is 12.0. The van der Waals surface area contributed by atoms with Crippen LogP contribution in [0.15, 0.2) is 75.0 Å². The lowest BCUT2D eigenvalue weighted by Gasteiger charge is -2.11. The summed E-state index contributed by atoms with van der Waals surface area (Å²) in [5, 5.41) is 4.59. The number of nitrogens with one attached hydrogen (secondary N) is 1. The highest BCUT2D eigenvalue weighted by molar-refractivity contribution is 9.10. The summed E-state index contributed by atoms with van der Waals surface area (Å²) in [6.45, 7) is 2.21. The van der Waals surface area contributed by atoms with Gasteiger partial charge in [-0.05, 0) is 66.7 Å². The zero-order chi connectivity index (χ0) is 22.7. The van der Waals surface area contributed by atoms with Crippen molar-refractivity contribution in [3.63, 3.8) is 0 Å². The quantitative estimate of drug-likeness (QED) is 0.336. The molecular formula is C24H17BrCl2N2O2S. The van der Waals surface area contributed by atoms with E-state index < -0.39 is 0 Å². The summed E-state index contributed by atoms with van der Waals surface area (Å²) in [7, 11) is 0. The molecule has 4 nitrogen and oxygen atoms in total. The second-order valence-electron chi connectivity index (χ2n) is 6.93. The highest BCUT2D eigenvalue weighted by Gasteiger charge is 2.24. The number of amides is 1. The second-order valence-corrected chi connectivity index (χ2v) is 9.69. The number of carbonyl (C=O) groups excluding carboxylic acids is 1. The summed E-state index contributed by atoms with van der Waals surface area (Å²) in [6, 6.07) is 18.7. The van der Waals surface area contributed by atoms with Crippen LogP contribution in [-0.2, 0) is 11.4 Å². The Labute approximate surface area is 208 Å². The Hall–Kier alpha value is -2.25. The molecule has 0 spiro atoms. The molecule has 1 aliphatic rings. The number of halogens is 3. The summed E-state index contributed by atoms with van der Waals surface area (Å²) >= 11 is 17.2. The van der Waals surface area contributed by atoms with Crippen LogP contribution in [0.4, 0.5) is 5.69 Å². The molecule has 0 aliphatic carbocycles. The Morgan fingerprint density at radius 2 is 1.88 bits per heavy atom. The van der Waals surface area contributed by atoms with Crippen LogP contribution in [0.3, 0.4) is 0 Å². The standard InChI is InChI=1S/C24H17BrCl2N2O2S/c1-14-18(26)7-4-8-20(14)28-24-29-23(30)22(32-24)12-16-11-17(25)9-10-21(16)31-13-15-5-2-3-6-19(15)27/h2-12H,13H2,1H3,(H,28,29,30)/b22-12+. The van der Waals surface area contributed by atoms with Crippen molar-refractivity contribution in [2.75, 3.05) is 0 Å². The molecule has 0 unspecified atom stereocenters. The molecule has 1 aliphatic heterocycles. The number of carbonyl (C=O) groups is 1. The van der Waals surface area contributed by atoms with Gasteiger partial charge in [0.15, 0.2) is 5.17 Å². The van der Waals surface area contributed by atoms with E-state index in [2.05, 4.69) is 26.2 Å². The number of amidine groups is 1. The van der Waals surface area contributed by atoms with Crippen LogP contribution in [0.5, 0.6) is 5.75 Å². The largest absolute Gasteiger partial charge is 0.488 e. The molecule has 3 aromatic carbocycles. The zero-order valence-electron chi connectivity index (χ0n) is 16.9. The first kappa shape index (κ1) is 22.9. The number of aliphatic imine (C=N–C) groups is 1. The lowest BCUT2D eigenvalue weighted by molar-refractivity contribution is -0.115. The van der Waals surface area contributed by atoms with Crippen LogP contribution in [-0.4, -0.2) is 11.1 Å². The van der Waals surface area contributed by atoms with Gasteiger partial charge in [-0.2, -0.15) is 0 Å². The van der Waals surface area contributed by atoms with Crippen LogP contribution in [0.25, 0.3) is 6.08 Å². The fraction of sp³-hybridized carbons (Fsp3) is 0.0833. The molecule has 0 atom stereocenters. The van der Waals surface area contributed by atoms with Crippen molar-refractivity contribution in [2.45, 2.75) is 13.5 Å². The first-order chi connectivity index (χ1) is 15.4. The van der Waals surface area contributed by atoms with E-state index in [0.29, 0.717) is 38.2 Å². The number of hydrogen-bond donors (Lipinski definition) is 1. The van der Waals surface area contributed by atoms with Crippen LogP contribution in [0.1, 0.15) is 16.7 Å². The number of thioether (sulfide) groups is 1. The van der Waals surface area contributed by atoms with E-state index in [-0.39, 0.29) is 5.91 Å². The third-order valence-electron chi connectivity index (χ3n) is 4.71. The lowest BCUT2D eigenvalue weighted by Crippen LogP contribution is -2.19. The van der Waals surface area contributed by atoms with Gasteiger partial charge >= 0.3 is 0 Å². The predicted octanol–water partition coefficient (Wildman–Crippen LogP) is 7.53. The van der Waals surface area contributed by atoms with Gasteiger partial charge in [0.05, 0.1) is 10.6 Å². The molecule has 162 valence electrons. The van der Waals surface area contributed by atoms with Crippen molar-refractivity contribution < 1.29 is 9.53 Å². The number of ether oxygens (including phenoxy) is 1. The summed E-state index contributed by atoms with van der Waals surface area (Å²) in [4.78, 5) is 17.6. The molecule has 8 heteroatoms. The van der Waals surface area contributed by atoms with Crippen molar-refractivity contribution >= 4 is 73.7 Å². The normalized spacial score (nSPS) is 15.9. The molecule has 1 heterocycles. The number of hydrogen-bond acceptors (Lipinski definition) is 4. The van der Waals surface area contributed by atoms with Crippen LogP contribution < -0.4 is 10.1 Å². The van der Waals surface area contributed by atoms with E-state index in [4.69, 9.17) is 27.9 Å². The topological polar surface area (TPSA) is 50.7 Å². The van der Waals surface area contributed by atoms with Gasteiger partial charge in [-0.1, -0.05) is 63.4 Å². The predicted molar refractivity (Wildman–Crippen MR) is 137 cm³/mol. The molecule has 1 fully saturated rings. The summed E-state index contributed by atoms with van der Waals surface area (Å²) in [5.41, 5.74) is 3.23. The Morgan fingerprint density at radius 1 is 1.09 bits per heavy atom. The van der Waals surface area contributed by atoms with Gasteiger partial charge in [0.1, 0.15) is 12.4 Å². The monoisotopic (exact) mass is 546 g/mol. The molecular weight excluding hydrogens is 531 g/mol. The van der Waals surface area contributed by atoms with Crippen molar-refractivity contribution in [2.24, 2.45) is 4.99 Å². The zero-order valence-corrected chi connectivity index (χ0v) is 20.8. The van der Waals surface area contributed by atoms with Gasteiger partial charge in [-0.25, -0.2) is 4.99 Å². The second kappa shape index (κ2) is 10.1. The van der Waals surface area contributed by atoms with Crippen molar-refractivity contribution in [1.82, 2.24) is 5.32 Å². The SMILES string of the molecule is Cc1c(Cl)cccc1N=C1NC(=O)/C(=C\c2cc(Br)ccc2OCc2ccccc2Cl)S1. The lowest BCUT2D eigenvalue weighted by atomic mass is 10.2. The maximum Gasteiger partial charge on any atom is 0.264 e. The van der Waals surface area contributed by atoms with Gasteiger partial charge in [0, 0.05) is 25.6 Å². The average molecular weight is 548 g/mol. The minimum atomic E-state index is -0.217. The van der Waals surface area contributed by atoms with Crippen molar-refractivity contribution in [3.8, 4) is 5.75 Å². The van der Waals surface area contributed by atoms with Crippen LogP contribution >= 0.6 is 50.9 Å². The fourth-order valence-corrected chi connectivity index (χ4v) is 4.55. The fourth-order valence-electron chi connectivity index (χ4n) is 2.98. The number of benzene rings is 3. The van der Waals surface area contributed by atoms with E-state index in [1.54, 1.807) is 6.08 Å². The van der Waals surface area contributed by atoms with E-state index in [1.165, 1.54) is 11.8 Å². The van der Waals surface area contributed by atoms with Gasteiger partial charge in [-0.15, -0.1) is 0 Å². The third-order valence-corrected chi connectivity index (χ3v) is 6.89. The van der Waals surface area contributed by atoms with Gasteiger partial charge in [0.25, 0.3) is 5.91 Å². The minimum absolute atomic E-state index is 0.217. The number of rotatable bonds is 5. The molecule has 1 saturated heterocycles. The van der Waals surface area contributed by atoms with E-state index in [0.717, 1.165) is 21.2 Å². The van der Waals surface area contributed by atoms with Crippen molar-refractivity contribution in [3.05, 3.63) is 96.8 Å². The summed E-state index contributed by atoms with van der Waals surface area (Å²) < 4.78 is 6.90. The van der Waals surface area contributed by atoms with Gasteiger partial charge < -0.3 is 10.1 Å². The van der Waals surface area contributed by atoms with Crippen LogP contribution in [0.2, 0.25) is 10.0 Å². The van der Waals surface area contributed by atoms with E-state index in [1.807, 2.05) is 67.6 Å². The molecule has 1 amide bonds. The Kier molecular flexibility index (Phi) is 7.26. The van der Waals surface area contributed by atoms with Crippen molar-refractivity contribution in [1.29, 1.82) is 0 Å². The molecule has 0 aromatic heterocycles. The Balaban J connectivity index is 1.58. The number of nitrogens with zero attached hydrogens (tertiary/aromatic N) is 1. The summed E-state index contributed by atoms with van der Waals surface area (Å²) in [5.74, 6) is 0.426. The highest BCUT2D eigenvalue weighted by Crippen LogP contribution is 2.34. The maximum atomic E-state index is 12.6.